The number of alkyl halides is 3. The summed E-state index contributed by atoms with van der Waals surface area (Å²) in [4.78, 5) is 27.7. The van der Waals surface area contributed by atoms with E-state index in [9.17, 15) is 27.0 Å². The monoisotopic (exact) mass is 491 g/mol. The van der Waals surface area contributed by atoms with Crippen LogP contribution >= 0.6 is 0 Å². The molecule has 4 N–H and O–H groups in total. The summed E-state index contributed by atoms with van der Waals surface area (Å²) >= 11 is 0. The summed E-state index contributed by atoms with van der Waals surface area (Å²) in [5.74, 6) is -1.17. The lowest BCUT2D eigenvalue weighted by Gasteiger charge is -2.33. The third-order valence-corrected chi connectivity index (χ3v) is 6.57. The van der Waals surface area contributed by atoms with E-state index in [1.807, 2.05) is 0 Å². The number of anilines is 2. The third kappa shape index (κ3) is 4.41. The van der Waals surface area contributed by atoms with Crippen LogP contribution in [-0.2, 0) is 15.9 Å². The van der Waals surface area contributed by atoms with Gasteiger partial charge in [-0.15, -0.1) is 0 Å². The smallest absolute Gasteiger partial charge is 0.325 e. The van der Waals surface area contributed by atoms with Gasteiger partial charge in [-0.3, -0.25) is 9.59 Å². The first-order valence-corrected chi connectivity index (χ1v) is 11.9. The average Bonchev–Trinajstić information content (AvgIpc) is 3.22. The van der Waals surface area contributed by atoms with E-state index in [4.69, 9.17) is 10.5 Å². The molecular formula is C22H20F3N5O3S. The number of benzene rings is 2. The Hall–Kier alpha value is -3.64. The molecular weight excluding hydrogens is 471 g/mol. The molecule has 0 saturated carbocycles. The molecule has 178 valence electrons. The Labute approximate surface area is 193 Å². The molecule has 3 aromatic rings. The number of fused-ring (bicyclic) bond motifs is 1. The van der Waals surface area contributed by atoms with Crippen molar-refractivity contribution < 1.29 is 27.0 Å². The molecule has 0 fully saturated rings. The molecule has 0 bridgehead atoms. The van der Waals surface area contributed by atoms with Crippen molar-refractivity contribution in [2.24, 2.45) is 5.73 Å². The van der Waals surface area contributed by atoms with Gasteiger partial charge in [-0.1, -0.05) is 0 Å². The van der Waals surface area contributed by atoms with Gasteiger partial charge in [0.2, 0.25) is 0 Å². The van der Waals surface area contributed by atoms with Crippen LogP contribution in [0.5, 0.6) is 0 Å². The van der Waals surface area contributed by atoms with E-state index >= 15 is 0 Å². The van der Waals surface area contributed by atoms with Crippen LogP contribution in [-0.4, -0.2) is 33.4 Å². The zero-order valence-corrected chi connectivity index (χ0v) is 18.6. The Morgan fingerprint density at radius 3 is 2.29 bits per heavy atom. The number of aromatic nitrogens is 1. The van der Waals surface area contributed by atoms with Crippen LogP contribution in [0.15, 0.2) is 65.7 Å². The number of nitrogens with two attached hydrogens (primary N) is 1. The lowest BCUT2D eigenvalue weighted by Crippen LogP contribution is -2.46. The number of hydrogen-bond donors (Lipinski definition) is 3. The highest BCUT2D eigenvalue weighted by atomic mass is 32.2. The van der Waals surface area contributed by atoms with E-state index in [2.05, 4.69) is 5.32 Å². The lowest BCUT2D eigenvalue weighted by molar-refractivity contribution is -0.137. The average molecular weight is 491 g/mol. The van der Waals surface area contributed by atoms with Gasteiger partial charge in [0.1, 0.15) is 5.69 Å². The van der Waals surface area contributed by atoms with E-state index in [1.165, 1.54) is 64.4 Å². The van der Waals surface area contributed by atoms with Gasteiger partial charge in [0.15, 0.2) is 0 Å². The molecule has 4 rings (SSSR count). The number of nitrogens with one attached hydrogen (secondary N) is 2. The summed E-state index contributed by atoms with van der Waals surface area (Å²) in [6.07, 6.45) is -2.43. The number of rotatable bonds is 4. The van der Waals surface area contributed by atoms with Gasteiger partial charge in [0.25, 0.3) is 11.8 Å². The maximum absolute atomic E-state index is 13.2. The molecule has 12 heteroatoms. The first-order valence-electron chi connectivity index (χ1n) is 9.97. The molecule has 1 unspecified atom stereocenters. The number of carbonyl (C=O) groups excluding carboxylic acids is 2. The number of halogens is 3. The molecule has 2 amide bonds. The van der Waals surface area contributed by atoms with Crippen molar-refractivity contribution in [1.29, 1.82) is 4.78 Å². The second kappa shape index (κ2) is 8.29. The van der Waals surface area contributed by atoms with Crippen LogP contribution in [0.3, 0.4) is 0 Å². The Kier molecular flexibility index (Phi) is 5.74. The van der Waals surface area contributed by atoms with E-state index < -0.39 is 39.4 Å². The second-order valence-corrected chi connectivity index (χ2v) is 9.99. The molecule has 0 saturated heterocycles. The first kappa shape index (κ1) is 23.5. The molecule has 2 atom stereocenters. The zero-order valence-electron chi connectivity index (χ0n) is 17.8. The van der Waals surface area contributed by atoms with E-state index in [0.29, 0.717) is 10.6 Å². The Bertz CT molecular complexity index is 1360. The molecule has 0 aliphatic carbocycles. The largest absolute Gasteiger partial charge is 0.416 e. The number of amides is 2. The van der Waals surface area contributed by atoms with Crippen LogP contribution < -0.4 is 16.0 Å². The summed E-state index contributed by atoms with van der Waals surface area (Å²) in [6, 6.07) is 11.5. The van der Waals surface area contributed by atoms with Crippen molar-refractivity contribution in [2.45, 2.75) is 17.2 Å². The van der Waals surface area contributed by atoms with Gasteiger partial charge in [0.05, 0.1) is 33.6 Å². The standard InChI is InChI=1S/C22H20F3N5O3S/c1-34(27,33)16-8-4-14(5-9-16)28-20(31)17-10-11-29-18(26)12-30(21(32)19(17)29)15-6-2-13(3-7-15)22(23,24)25/h2-11,18,27H,12,26H2,1H3,(H,28,31)/t18-,34?/m1/s1. The summed E-state index contributed by atoms with van der Waals surface area (Å²) < 4.78 is 59.5. The van der Waals surface area contributed by atoms with Crippen LogP contribution in [0.4, 0.5) is 24.5 Å². The fourth-order valence-electron chi connectivity index (χ4n) is 3.67. The molecule has 34 heavy (non-hydrogen) atoms. The van der Waals surface area contributed by atoms with Gasteiger partial charge in [-0.2, -0.15) is 13.2 Å². The number of hydrogen-bond acceptors (Lipinski definition) is 5. The molecule has 1 aliphatic rings. The minimum Gasteiger partial charge on any atom is -0.325 e. The topological polar surface area (TPSA) is 121 Å². The predicted molar refractivity (Wildman–Crippen MR) is 120 cm³/mol. The Morgan fingerprint density at radius 2 is 1.74 bits per heavy atom. The van der Waals surface area contributed by atoms with Crippen LogP contribution in [0, 0.1) is 4.78 Å². The van der Waals surface area contributed by atoms with Gasteiger partial charge < -0.3 is 20.5 Å². The lowest BCUT2D eigenvalue weighted by atomic mass is 10.1. The van der Waals surface area contributed by atoms with Crippen molar-refractivity contribution in [1.82, 2.24) is 4.57 Å². The molecule has 1 aromatic heterocycles. The summed E-state index contributed by atoms with van der Waals surface area (Å²) in [7, 11) is -2.90. The normalized spacial score (nSPS) is 17.7. The first-order chi connectivity index (χ1) is 15.9. The summed E-state index contributed by atoms with van der Waals surface area (Å²) in [6.45, 7) is 0.0117. The number of nitrogens with zero attached hydrogens (tertiary/aromatic N) is 2. The van der Waals surface area contributed by atoms with Crippen LogP contribution in [0.1, 0.15) is 32.6 Å². The van der Waals surface area contributed by atoms with Crippen molar-refractivity contribution in [2.75, 3.05) is 23.0 Å². The fourth-order valence-corrected chi connectivity index (χ4v) is 4.32. The zero-order chi connectivity index (χ0) is 24.8. The Balaban J connectivity index is 1.61. The fraction of sp³-hybridized carbons (Fsp3) is 0.182. The van der Waals surface area contributed by atoms with E-state index in [0.717, 1.165) is 12.1 Å². The SMILES string of the molecule is CS(=N)(=O)c1ccc(NC(=O)c2ccn3c2C(=O)N(c2ccc(C(F)(F)F)cc2)C[C@@H]3N)cc1. The minimum atomic E-state index is -4.51. The minimum absolute atomic E-state index is 0.00973. The third-order valence-electron chi connectivity index (χ3n) is 5.40. The Morgan fingerprint density at radius 1 is 1.12 bits per heavy atom. The highest BCUT2D eigenvalue weighted by Crippen LogP contribution is 2.32. The molecule has 8 nitrogen and oxygen atoms in total. The molecule has 2 aromatic carbocycles. The summed E-state index contributed by atoms with van der Waals surface area (Å²) in [5, 5.41) is 2.64. The predicted octanol–water partition coefficient (Wildman–Crippen LogP) is 3.91. The van der Waals surface area contributed by atoms with Gasteiger partial charge in [-0.25, -0.2) is 8.99 Å². The van der Waals surface area contributed by atoms with E-state index in [-0.39, 0.29) is 23.5 Å². The van der Waals surface area contributed by atoms with Crippen LogP contribution in [0.25, 0.3) is 0 Å². The highest BCUT2D eigenvalue weighted by Gasteiger charge is 2.35. The van der Waals surface area contributed by atoms with Crippen molar-refractivity contribution in [3.63, 3.8) is 0 Å². The van der Waals surface area contributed by atoms with Gasteiger partial charge >= 0.3 is 6.18 Å². The maximum atomic E-state index is 13.2. The molecule has 0 radical (unpaired) electrons. The van der Waals surface area contributed by atoms with Crippen LogP contribution in [0.2, 0.25) is 0 Å². The van der Waals surface area contributed by atoms with Crippen molar-refractivity contribution >= 4 is 32.9 Å². The van der Waals surface area contributed by atoms with Crippen molar-refractivity contribution in [3.05, 3.63) is 77.6 Å². The van der Waals surface area contributed by atoms with Gasteiger partial charge in [-0.05, 0) is 54.6 Å². The quantitative estimate of drug-likeness (QED) is 0.512. The maximum Gasteiger partial charge on any atom is 0.416 e. The summed E-state index contributed by atoms with van der Waals surface area (Å²) in [5.41, 5.74) is 5.97. The van der Waals surface area contributed by atoms with Gasteiger partial charge in [0, 0.05) is 28.7 Å². The molecule has 2 heterocycles. The number of carbonyl (C=O) groups is 2. The molecule has 0 spiro atoms. The second-order valence-electron chi connectivity index (χ2n) is 7.84. The van der Waals surface area contributed by atoms with Crippen molar-refractivity contribution in [3.8, 4) is 0 Å². The van der Waals surface area contributed by atoms with E-state index in [1.54, 1.807) is 0 Å². The highest BCUT2D eigenvalue weighted by molar-refractivity contribution is 7.91. The molecule has 1 aliphatic heterocycles.